The van der Waals surface area contributed by atoms with Crippen molar-refractivity contribution >= 4 is 21.8 Å². The summed E-state index contributed by atoms with van der Waals surface area (Å²) in [6, 6.07) is 0. The lowest BCUT2D eigenvalue weighted by Gasteiger charge is -2.32. The van der Waals surface area contributed by atoms with Gasteiger partial charge in [-0.15, -0.1) is 0 Å². The molecule has 0 aromatic rings. The van der Waals surface area contributed by atoms with Gasteiger partial charge in [-0.1, -0.05) is 13.3 Å². The minimum Gasteiger partial charge on any atom is -0.341 e. The van der Waals surface area contributed by atoms with Crippen LogP contribution in [0.3, 0.4) is 0 Å². The molecule has 144 valence electrons. The van der Waals surface area contributed by atoms with E-state index in [1.54, 1.807) is 0 Å². The highest BCUT2D eigenvalue weighted by Gasteiger charge is 2.32. The molecule has 0 atom stereocenters. The van der Waals surface area contributed by atoms with Gasteiger partial charge in [0.15, 0.2) is 0 Å². The highest BCUT2D eigenvalue weighted by Crippen LogP contribution is 2.22. The molecule has 0 aromatic carbocycles. The van der Waals surface area contributed by atoms with Crippen LogP contribution in [0, 0.1) is 5.92 Å². The largest absolute Gasteiger partial charge is 0.341 e. The summed E-state index contributed by atoms with van der Waals surface area (Å²) in [6.45, 7) is 5.52. The summed E-state index contributed by atoms with van der Waals surface area (Å²) in [4.78, 5) is 28.7. The first-order chi connectivity index (χ1) is 11.8. The molecule has 25 heavy (non-hydrogen) atoms. The van der Waals surface area contributed by atoms with Crippen LogP contribution < -0.4 is 0 Å². The Balaban J connectivity index is 1.84. The van der Waals surface area contributed by atoms with E-state index < -0.39 is 10.0 Å². The van der Waals surface area contributed by atoms with Crippen molar-refractivity contribution < 1.29 is 18.0 Å². The van der Waals surface area contributed by atoms with Crippen molar-refractivity contribution in [2.24, 2.45) is 5.92 Å². The highest BCUT2D eigenvalue weighted by atomic mass is 32.2. The van der Waals surface area contributed by atoms with Crippen LogP contribution in [0.5, 0.6) is 0 Å². The molecule has 0 N–H and O–H groups in total. The predicted molar refractivity (Wildman–Crippen MR) is 96.4 cm³/mol. The molecule has 2 aliphatic rings. The predicted octanol–water partition coefficient (Wildman–Crippen LogP) is 0.909. The lowest BCUT2D eigenvalue weighted by molar-refractivity contribution is -0.137. The highest BCUT2D eigenvalue weighted by molar-refractivity contribution is 7.88. The van der Waals surface area contributed by atoms with E-state index in [-0.39, 0.29) is 17.7 Å². The molecule has 0 unspecified atom stereocenters. The summed E-state index contributed by atoms with van der Waals surface area (Å²) < 4.78 is 24.6. The number of sulfonamides is 1. The Bertz CT molecular complexity index is 570. The van der Waals surface area contributed by atoms with Crippen LogP contribution in [0.15, 0.2) is 0 Å². The van der Waals surface area contributed by atoms with Gasteiger partial charge in [0.1, 0.15) is 0 Å². The Labute approximate surface area is 151 Å². The maximum absolute atomic E-state index is 12.8. The first kappa shape index (κ1) is 20.2. The lowest BCUT2D eigenvalue weighted by Crippen LogP contribution is -2.45. The molecule has 0 saturated carbocycles. The molecule has 2 heterocycles. The molecule has 2 fully saturated rings. The molecule has 2 rings (SSSR count). The summed E-state index contributed by atoms with van der Waals surface area (Å²) in [5.41, 5.74) is 0. The van der Waals surface area contributed by atoms with E-state index in [1.165, 1.54) is 10.6 Å². The molecule has 2 saturated heterocycles. The van der Waals surface area contributed by atoms with Crippen LogP contribution in [-0.4, -0.2) is 79.9 Å². The topological polar surface area (TPSA) is 78.0 Å². The van der Waals surface area contributed by atoms with Crippen LogP contribution >= 0.6 is 0 Å². The zero-order valence-electron chi connectivity index (χ0n) is 15.4. The second-order valence-corrected chi connectivity index (χ2v) is 9.08. The van der Waals surface area contributed by atoms with E-state index in [2.05, 4.69) is 6.92 Å². The molecule has 2 aliphatic heterocycles. The number of rotatable bonds is 5. The van der Waals surface area contributed by atoms with E-state index >= 15 is 0 Å². The van der Waals surface area contributed by atoms with E-state index in [1.807, 2.05) is 9.80 Å². The number of piperidine rings is 1. The van der Waals surface area contributed by atoms with Crippen LogP contribution in [0.2, 0.25) is 0 Å². The zero-order chi connectivity index (χ0) is 18.4. The lowest BCUT2D eigenvalue weighted by atomic mass is 9.96. The van der Waals surface area contributed by atoms with Gasteiger partial charge in [0.2, 0.25) is 21.8 Å². The van der Waals surface area contributed by atoms with Crippen LogP contribution in [-0.2, 0) is 19.6 Å². The van der Waals surface area contributed by atoms with E-state index in [4.69, 9.17) is 0 Å². The molecule has 0 spiro atoms. The number of carbonyl (C=O) groups excluding carboxylic acids is 2. The van der Waals surface area contributed by atoms with Gasteiger partial charge in [0.25, 0.3) is 0 Å². The first-order valence-corrected chi connectivity index (χ1v) is 11.2. The monoisotopic (exact) mass is 373 g/mol. The summed E-state index contributed by atoms with van der Waals surface area (Å²) >= 11 is 0. The van der Waals surface area contributed by atoms with Crippen molar-refractivity contribution in [1.29, 1.82) is 0 Å². The van der Waals surface area contributed by atoms with E-state index in [0.717, 1.165) is 25.8 Å². The van der Waals surface area contributed by atoms with Gasteiger partial charge in [0, 0.05) is 51.6 Å². The maximum Gasteiger partial charge on any atom is 0.225 e. The number of nitrogens with zero attached hydrogens (tertiary/aromatic N) is 3. The Morgan fingerprint density at radius 2 is 1.56 bits per heavy atom. The summed E-state index contributed by atoms with van der Waals surface area (Å²) in [5.74, 6) is 0.217. The van der Waals surface area contributed by atoms with Crippen molar-refractivity contribution in [2.45, 2.75) is 45.4 Å². The van der Waals surface area contributed by atoms with Gasteiger partial charge in [0.05, 0.1) is 6.26 Å². The van der Waals surface area contributed by atoms with Gasteiger partial charge >= 0.3 is 0 Å². The van der Waals surface area contributed by atoms with Gasteiger partial charge in [-0.05, 0) is 25.7 Å². The zero-order valence-corrected chi connectivity index (χ0v) is 16.3. The van der Waals surface area contributed by atoms with Gasteiger partial charge in [-0.3, -0.25) is 9.59 Å². The Morgan fingerprint density at radius 1 is 0.960 bits per heavy atom. The van der Waals surface area contributed by atoms with Crippen molar-refractivity contribution in [3.8, 4) is 0 Å². The minimum atomic E-state index is -3.17. The van der Waals surface area contributed by atoms with Crippen LogP contribution in [0.4, 0.5) is 0 Å². The molecule has 0 aromatic heterocycles. The fourth-order valence-electron chi connectivity index (χ4n) is 3.57. The Kier molecular flexibility index (Phi) is 7.25. The normalized spacial score (nSPS) is 21.2. The second-order valence-electron chi connectivity index (χ2n) is 7.10. The third-order valence-corrected chi connectivity index (χ3v) is 6.48. The molecular weight excluding hydrogens is 342 g/mol. The van der Waals surface area contributed by atoms with Crippen molar-refractivity contribution in [2.75, 3.05) is 45.5 Å². The number of hydrogen-bond donors (Lipinski definition) is 0. The summed E-state index contributed by atoms with van der Waals surface area (Å²) in [5, 5.41) is 0. The Hall–Kier alpha value is -1.15. The molecular formula is C17H31N3O4S. The van der Waals surface area contributed by atoms with Crippen molar-refractivity contribution in [1.82, 2.24) is 14.1 Å². The smallest absolute Gasteiger partial charge is 0.225 e. The number of unbranched alkanes of at least 4 members (excludes halogenated alkanes) is 1. The van der Waals surface area contributed by atoms with Crippen LogP contribution in [0.25, 0.3) is 0 Å². The third kappa shape index (κ3) is 5.67. The number of hydrogen-bond acceptors (Lipinski definition) is 4. The third-order valence-electron chi connectivity index (χ3n) is 5.18. The van der Waals surface area contributed by atoms with Gasteiger partial charge in [-0.25, -0.2) is 12.7 Å². The van der Waals surface area contributed by atoms with Gasteiger partial charge < -0.3 is 9.80 Å². The summed E-state index contributed by atoms with van der Waals surface area (Å²) in [7, 11) is -3.17. The average molecular weight is 374 g/mol. The minimum absolute atomic E-state index is 0.0969. The van der Waals surface area contributed by atoms with Crippen LogP contribution in [0.1, 0.15) is 45.4 Å². The van der Waals surface area contributed by atoms with Gasteiger partial charge in [-0.2, -0.15) is 0 Å². The standard InChI is InChI=1S/C17H31N3O4S/c1-3-4-6-16(21)18-9-5-10-19(14-13-18)17(22)15-7-11-20(12-8-15)25(2,23)24/h15H,3-14H2,1-2H3. The fraction of sp³-hybridized carbons (Fsp3) is 0.882. The number of amides is 2. The van der Waals surface area contributed by atoms with E-state index in [9.17, 15) is 18.0 Å². The molecule has 0 bridgehead atoms. The Morgan fingerprint density at radius 3 is 2.16 bits per heavy atom. The molecule has 0 radical (unpaired) electrons. The fourth-order valence-corrected chi connectivity index (χ4v) is 4.44. The molecule has 0 aliphatic carbocycles. The molecule has 2 amide bonds. The molecule has 7 nitrogen and oxygen atoms in total. The quantitative estimate of drug-likeness (QED) is 0.718. The molecule has 8 heteroatoms. The van der Waals surface area contributed by atoms with Crippen molar-refractivity contribution in [3.63, 3.8) is 0 Å². The average Bonchev–Trinajstić information content (AvgIpc) is 2.84. The second kappa shape index (κ2) is 8.98. The van der Waals surface area contributed by atoms with E-state index in [0.29, 0.717) is 52.0 Å². The first-order valence-electron chi connectivity index (χ1n) is 9.34. The van der Waals surface area contributed by atoms with Crippen molar-refractivity contribution in [3.05, 3.63) is 0 Å². The maximum atomic E-state index is 12.8. The SMILES string of the molecule is CCCCC(=O)N1CCCN(C(=O)C2CCN(S(C)(=O)=O)CC2)CC1. The number of carbonyl (C=O) groups is 2. The summed E-state index contributed by atoms with van der Waals surface area (Å²) in [6.07, 6.45) is 5.71.